The second kappa shape index (κ2) is 7.93. The van der Waals surface area contributed by atoms with Crippen LogP contribution in [0.5, 0.6) is 5.75 Å². The van der Waals surface area contributed by atoms with E-state index in [0.29, 0.717) is 23.9 Å². The number of nitrogens with zero attached hydrogens (tertiary/aromatic N) is 1. The number of hydrogen-bond acceptors (Lipinski definition) is 3. The Labute approximate surface area is 131 Å². The number of hydrogen-bond donors (Lipinski definition) is 1. The van der Waals surface area contributed by atoms with Crippen LogP contribution in [0.15, 0.2) is 24.3 Å². The number of rotatable bonds is 7. The first-order valence-corrected chi connectivity index (χ1v) is 7.27. The van der Waals surface area contributed by atoms with E-state index in [4.69, 9.17) is 16.3 Å². The molecule has 0 bridgehead atoms. The van der Waals surface area contributed by atoms with Crippen LogP contribution in [0.2, 0.25) is 5.02 Å². The number of aryl methyl sites for hydroxylation is 1. The summed E-state index contributed by atoms with van der Waals surface area (Å²) < 4.78 is 5.28. The molecule has 116 valence electrons. The number of amides is 1. The Hall–Kier alpha value is -1.68. The van der Waals surface area contributed by atoms with E-state index in [1.54, 1.807) is 18.1 Å². The third kappa shape index (κ3) is 4.97. The smallest absolute Gasteiger partial charge is 0.242 e. The van der Waals surface area contributed by atoms with Gasteiger partial charge in [-0.25, -0.2) is 0 Å². The van der Waals surface area contributed by atoms with E-state index >= 15 is 0 Å². The highest BCUT2D eigenvalue weighted by Gasteiger charge is 2.13. The molecule has 1 aromatic carbocycles. The third-order valence-corrected chi connectivity index (χ3v) is 3.51. The zero-order valence-electron chi connectivity index (χ0n) is 13.1. The highest BCUT2D eigenvalue weighted by molar-refractivity contribution is 6.31. The number of likely N-dealkylation sites (N-methyl/N-ethyl adjacent to an activating group) is 1. The van der Waals surface area contributed by atoms with E-state index < -0.39 is 0 Å². The van der Waals surface area contributed by atoms with Gasteiger partial charge in [0.2, 0.25) is 5.91 Å². The quantitative estimate of drug-likeness (QED) is 0.784. The van der Waals surface area contributed by atoms with Gasteiger partial charge in [0.25, 0.3) is 0 Å². The molecule has 0 fully saturated rings. The minimum absolute atomic E-state index is 0.0233. The minimum Gasteiger partial charge on any atom is -0.495 e. The molecule has 0 aromatic heterocycles. The van der Waals surface area contributed by atoms with Crippen molar-refractivity contribution in [3.05, 3.63) is 34.9 Å². The van der Waals surface area contributed by atoms with Gasteiger partial charge in [-0.2, -0.15) is 0 Å². The number of benzene rings is 1. The first-order chi connectivity index (χ1) is 9.88. The maximum atomic E-state index is 12.2. The summed E-state index contributed by atoms with van der Waals surface area (Å²) in [5.74, 6) is 0.650. The topological polar surface area (TPSA) is 41.6 Å². The Morgan fingerprint density at radius 3 is 2.67 bits per heavy atom. The normalized spacial score (nSPS) is 10.1. The molecule has 0 aliphatic carbocycles. The number of carbonyl (C=O) groups is 1. The Balaban J connectivity index is 2.76. The maximum Gasteiger partial charge on any atom is 0.242 e. The van der Waals surface area contributed by atoms with E-state index in [1.807, 2.05) is 26.8 Å². The summed E-state index contributed by atoms with van der Waals surface area (Å²) in [6.45, 7) is 11.1. The van der Waals surface area contributed by atoms with Gasteiger partial charge in [-0.1, -0.05) is 23.8 Å². The number of anilines is 1. The molecule has 0 spiro atoms. The Kier molecular flexibility index (Phi) is 6.56. The van der Waals surface area contributed by atoms with Crippen LogP contribution in [-0.4, -0.2) is 37.6 Å². The third-order valence-electron chi connectivity index (χ3n) is 3.11. The van der Waals surface area contributed by atoms with Gasteiger partial charge in [0.15, 0.2) is 0 Å². The van der Waals surface area contributed by atoms with Crippen molar-refractivity contribution in [2.75, 3.05) is 32.1 Å². The fourth-order valence-corrected chi connectivity index (χ4v) is 2.11. The zero-order valence-corrected chi connectivity index (χ0v) is 13.9. The molecular formula is C16H23ClN2O2. The van der Waals surface area contributed by atoms with Crippen molar-refractivity contribution in [3.63, 3.8) is 0 Å². The molecule has 0 heterocycles. The first kappa shape index (κ1) is 17.4. The summed E-state index contributed by atoms with van der Waals surface area (Å²) in [6.07, 6.45) is 0. The molecule has 0 unspecified atom stereocenters. The van der Waals surface area contributed by atoms with Gasteiger partial charge in [0, 0.05) is 24.2 Å². The number of methoxy groups -OCH3 is 1. The lowest BCUT2D eigenvalue weighted by molar-refractivity contribution is -0.128. The summed E-state index contributed by atoms with van der Waals surface area (Å²) in [5, 5.41) is 3.76. The molecule has 1 rings (SSSR count). The molecular weight excluding hydrogens is 288 g/mol. The first-order valence-electron chi connectivity index (χ1n) is 6.89. The average molecular weight is 311 g/mol. The van der Waals surface area contributed by atoms with Gasteiger partial charge in [-0.15, -0.1) is 0 Å². The van der Waals surface area contributed by atoms with E-state index in [2.05, 4.69) is 11.9 Å². The van der Waals surface area contributed by atoms with Crippen LogP contribution < -0.4 is 10.1 Å². The zero-order chi connectivity index (χ0) is 16.0. The standard InChI is InChI=1S/C16H23ClN2O2/c1-6-19(10-11(2)3)16(20)9-18-14-7-12(4)13(17)8-15(14)21-5/h7-8,18H,2,6,9-10H2,1,3-5H3. The molecule has 0 saturated heterocycles. The summed E-state index contributed by atoms with van der Waals surface area (Å²) in [7, 11) is 1.58. The molecule has 1 amide bonds. The van der Waals surface area contributed by atoms with Gasteiger partial charge in [0.05, 0.1) is 19.3 Å². The van der Waals surface area contributed by atoms with Crippen LogP contribution in [-0.2, 0) is 4.79 Å². The molecule has 1 aromatic rings. The predicted molar refractivity (Wildman–Crippen MR) is 88.3 cm³/mol. The summed E-state index contributed by atoms with van der Waals surface area (Å²) in [6, 6.07) is 3.62. The maximum absolute atomic E-state index is 12.2. The van der Waals surface area contributed by atoms with Crippen LogP contribution in [0, 0.1) is 6.92 Å². The molecule has 5 heteroatoms. The van der Waals surface area contributed by atoms with Crippen molar-refractivity contribution < 1.29 is 9.53 Å². The molecule has 0 radical (unpaired) electrons. The fraction of sp³-hybridized carbons (Fsp3) is 0.438. The molecule has 0 aliphatic rings. The van der Waals surface area contributed by atoms with Crippen molar-refractivity contribution in [3.8, 4) is 5.75 Å². The van der Waals surface area contributed by atoms with Crippen LogP contribution in [0.25, 0.3) is 0 Å². The molecule has 21 heavy (non-hydrogen) atoms. The average Bonchev–Trinajstić information content (AvgIpc) is 2.44. The Morgan fingerprint density at radius 1 is 1.48 bits per heavy atom. The number of ether oxygens (including phenoxy) is 1. The van der Waals surface area contributed by atoms with Gasteiger partial charge in [-0.3, -0.25) is 4.79 Å². The number of halogens is 1. The van der Waals surface area contributed by atoms with E-state index in [0.717, 1.165) is 16.8 Å². The monoisotopic (exact) mass is 310 g/mol. The summed E-state index contributed by atoms with van der Waals surface area (Å²) in [4.78, 5) is 13.9. The minimum atomic E-state index is 0.0233. The van der Waals surface area contributed by atoms with Crippen LogP contribution in [0.4, 0.5) is 5.69 Å². The van der Waals surface area contributed by atoms with Gasteiger partial charge in [-0.05, 0) is 32.4 Å². The van der Waals surface area contributed by atoms with E-state index in [-0.39, 0.29) is 12.5 Å². The lowest BCUT2D eigenvalue weighted by Crippen LogP contribution is -2.36. The van der Waals surface area contributed by atoms with Crippen LogP contribution >= 0.6 is 11.6 Å². The van der Waals surface area contributed by atoms with Crippen molar-refractivity contribution >= 4 is 23.2 Å². The molecule has 4 nitrogen and oxygen atoms in total. The predicted octanol–water partition coefficient (Wildman–Crippen LogP) is 3.49. The van der Waals surface area contributed by atoms with E-state index in [1.165, 1.54) is 0 Å². The highest BCUT2D eigenvalue weighted by atomic mass is 35.5. The summed E-state index contributed by atoms with van der Waals surface area (Å²) in [5.41, 5.74) is 2.66. The van der Waals surface area contributed by atoms with Crippen molar-refractivity contribution in [2.24, 2.45) is 0 Å². The van der Waals surface area contributed by atoms with Crippen molar-refractivity contribution in [1.29, 1.82) is 0 Å². The van der Waals surface area contributed by atoms with Crippen LogP contribution in [0.3, 0.4) is 0 Å². The second-order valence-electron chi connectivity index (χ2n) is 5.02. The van der Waals surface area contributed by atoms with Gasteiger partial charge >= 0.3 is 0 Å². The molecule has 0 saturated carbocycles. The van der Waals surface area contributed by atoms with Gasteiger partial charge < -0.3 is 15.0 Å². The second-order valence-corrected chi connectivity index (χ2v) is 5.43. The molecule has 0 atom stereocenters. The van der Waals surface area contributed by atoms with E-state index in [9.17, 15) is 4.79 Å². The number of carbonyl (C=O) groups excluding carboxylic acids is 1. The molecule has 1 N–H and O–H groups in total. The lowest BCUT2D eigenvalue weighted by Gasteiger charge is -2.22. The Morgan fingerprint density at radius 2 is 2.14 bits per heavy atom. The lowest BCUT2D eigenvalue weighted by atomic mass is 10.2. The van der Waals surface area contributed by atoms with Crippen molar-refractivity contribution in [2.45, 2.75) is 20.8 Å². The summed E-state index contributed by atoms with van der Waals surface area (Å²) >= 11 is 6.06. The SMILES string of the molecule is C=C(C)CN(CC)C(=O)CNc1cc(C)c(Cl)cc1OC. The fourth-order valence-electron chi connectivity index (χ4n) is 1.96. The van der Waals surface area contributed by atoms with Crippen LogP contribution in [0.1, 0.15) is 19.4 Å². The van der Waals surface area contributed by atoms with Crippen molar-refractivity contribution in [1.82, 2.24) is 4.90 Å². The molecule has 0 aliphatic heterocycles. The largest absolute Gasteiger partial charge is 0.495 e. The number of nitrogens with one attached hydrogen (secondary N) is 1. The van der Waals surface area contributed by atoms with Gasteiger partial charge in [0.1, 0.15) is 5.75 Å². The highest BCUT2D eigenvalue weighted by Crippen LogP contribution is 2.30. The Bertz CT molecular complexity index is 529.